The summed E-state index contributed by atoms with van der Waals surface area (Å²) in [5.74, 6) is 0.275. The minimum atomic E-state index is 0.0966. The zero-order chi connectivity index (χ0) is 18.6. The highest BCUT2D eigenvalue weighted by molar-refractivity contribution is 7.09. The molecular weight excluding hydrogens is 348 g/mol. The number of aryl methyl sites for hydroxylation is 1. The number of likely N-dealkylation sites (N-methyl/N-ethyl adjacent to an activating group) is 1. The van der Waals surface area contributed by atoms with E-state index in [1.54, 1.807) is 18.4 Å². The highest BCUT2D eigenvalue weighted by Crippen LogP contribution is 2.32. The third-order valence-electron chi connectivity index (χ3n) is 5.94. The van der Waals surface area contributed by atoms with Gasteiger partial charge in [0, 0.05) is 63.7 Å². The molecule has 1 aromatic heterocycles. The molecule has 3 heterocycles. The summed E-state index contributed by atoms with van der Waals surface area (Å²) in [7, 11) is 3.92. The van der Waals surface area contributed by atoms with E-state index in [9.17, 15) is 4.79 Å². The lowest BCUT2D eigenvalue weighted by molar-refractivity contribution is -0.131. The number of rotatable bonds is 6. The number of ether oxygens (including phenoxy) is 1. The van der Waals surface area contributed by atoms with Crippen molar-refractivity contribution in [1.82, 2.24) is 19.7 Å². The van der Waals surface area contributed by atoms with Crippen LogP contribution in [0.5, 0.6) is 0 Å². The van der Waals surface area contributed by atoms with Crippen LogP contribution in [-0.2, 0) is 22.5 Å². The summed E-state index contributed by atoms with van der Waals surface area (Å²) >= 11 is 1.77. The Morgan fingerprint density at radius 2 is 2.15 bits per heavy atom. The van der Waals surface area contributed by atoms with Crippen LogP contribution in [0.2, 0.25) is 0 Å². The third kappa shape index (κ3) is 4.44. The number of methoxy groups -OCH3 is 1. The van der Waals surface area contributed by atoms with Crippen LogP contribution in [-0.4, -0.2) is 84.6 Å². The van der Waals surface area contributed by atoms with Gasteiger partial charge in [0.05, 0.1) is 17.3 Å². The molecule has 0 radical (unpaired) electrons. The van der Waals surface area contributed by atoms with Crippen molar-refractivity contribution >= 4 is 17.2 Å². The number of aromatic nitrogens is 1. The number of hydrogen-bond acceptors (Lipinski definition) is 6. The average Bonchev–Trinajstić information content (AvgIpc) is 3.04. The van der Waals surface area contributed by atoms with Crippen molar-refractivity contribution in [2.24, 2.45) is 0 Å². The van der Waals surface area contributed by atoms with Crippen LogP contribution in [0.25, 0.3) is 0 Å². The Morgan fingerprint density at radius 1 is 1.31 bits per heavy atom. The first-order valence-corrected chi connectivity index (χ1v) is 10.6. The molecule has 7 heteroatoms. The summed E-state index contributed by atoms with van der Waals surface area (Å²) in [5.41, 5.74) is 1.29. The summed E-state index contributed by atoms with van der Waals surface area (Å²) in [4.78, 5) is 24.2. The Labute approximate surface area is 161 Å². The maximum atomic E-state index is 12.5. The van der Waals surface area contributed by atoms with E-state index < -0.39 is 0 Å². The van der Waals surface area contributed by atoms with Gasteiger partial charge in [0.1, 0.15) is 0 Å². The van der Waals surface area contributed by atoms with Gasteiger partial charge in [0.25, 0.3) is 0 Å². The molecule has 0 bridgehead atoms. The Balaban J connectivity index is 1.65. The predicted octanol–water partition coefficient (Wildman–Crippen LogP) is 1.85. The summed E-state index contributed by atoms with van der Waals surface area (Å²) in [6.45, 7) is 8.38. The molecule has 0 aromatic carbocycles. The van der Waals surface area contributed by atoms with Crippen molar-refractivity contribution in [3.8, 4) is 0 Å². The minimum absolute atomic E-state index is 0.0966. The van der Waals surface area contributed by atoms with Crippen LogP contribution >= 0.6 is 11.3 Å². The average molecular weight is 381 g/mol. The number of nitrogens with zero attached hydrogens (tertiary/aromatic N) is 4. The van der Waals surface area contributed by atoms with Gasteiger partial charge < -0.3 is 9.64 Å². The third-order valence-corrected chi connectivity index (χ3v) is 6.98. The zero-order valence-corrected chi connectivity index (χ0v) is 17.2. The Morgan fingerprint density at radius 3 is 2.88 bits per heavy atom. The molecule has 2 aliphatic heterocycles. The van der Waals surface area contributed by atoms with E-state index in [4.69, 9.17) is 9.72 Å². The molecule has 1 aromatic rings. The molecule has 2 fully saturated rings. The summed E-state index contributed by atoms with van der Waals surface area (Å²) in [6, 6.07) is 0. The number of likely N-dealkylation sites (tertiary alicyclic amines) is 1. The monoisotopic (exact) mass is 380 g/mol. The fourth-order valence-corrected chi connectivity index (χ4v) is 4.90. The van der Waals surface area contributed by atoms with E-state index in [1.807, 2.05) is 4.90 Å². The van der Waals surface area contributed by atoms with Crippen LogP contribution in [0, 0.1) is 0 Å². The maximum absolute atomic E-state index is 12.5. The summed E-state index contributed by atoms with van der Waals surface area (Å²) in [5, 5.41) is 3.42. The maximum Gasteiger partial charge on any atom is 0.222 e. The fourth-order valence-electron chi connectivity index (χ4n) is 4.16. The molecule has 2 aliphatic rings. The number of carbonyl (C=O) groups excluding carboxylic acids is 1. The van der Waals surface area contributed by atoms with Crippen LogP contribution in [0.1, 0.15) is 36.9 Å². The summed E-state index contributed by atoms with van der Waals surface area (Å²) < 4.78 is 5.17. The van der Waals surface area contributed by atoms with Crippen molar-refractivity contribution < 1.29 is 9.53 Å². The first-order valence-electron chi connectivity index (χ1n) is 9.70. The Kier molecular flexibility index (Phi) is 6.66. The second-order valence-corrected chi connectivity index (χ2v) is 8.51. The second-order valence-electron chi connectivity index (χ2n) is 7.57. The normalized spacial score (nSPS) is 25.8. The standard InChI is InChI=1S/C19H32N4O2S/c1-4-17-20-16(14-26-17)13-22-10-9-21(2)19(15-22)6-5-18(24)23(8-7-19)11-12-25-3/h14H,4-13,15H2,1-3H3/t19-/m1/s1. The van der Waals surface area contributed by atoms with Gasteiger partial charge in [-0.2, -0.15) is 0 Å². The minimum Gasteiger partial charge on any atom is -0.383 e. The molecule has 0 aliphatic carbocycles. The van der Waals surface area contributed by atoms with Gasteiger partial charge in [-0.25, -0.2) is 4.98 Å². The molecule has 1 amide bonds. The molecule has 3 rings (SSSR count). The number of carbonyl (C=O) groups is 1. The molecule has 1 spiro atoms. The fraction of sp³-hybridized carbons (Fsp3) is 0.789. The first kappa shape index (κ1) is 19.7. The van der Waals surface area contributed by atoms with E-state index in [1.165, 1.54) is 10.7 Å². The smallest absolute Gasteiger partial charge is 0.222 e. The molecule has 146 valence electrons. The SMILES string of the molecule is CCc1nc(CN2CCN(C)[C@@]3(CCC(=O)N(CCOC)CC3)C2)cs1. The predicted molar refractivity (Wildman–Crippen MR) is 104 cm³/mol. The van der Waals surface area contributed by atoms with Crippen molar-refractivity contribution in [3.63, 3.8) is 0 Å². The lowest BCUT2D eigenvalue weighted by Crippen LogP contribution is -2.60. The Bertz CT molecular complexity index is 608. The van der Waals surface area contributed by atoms with Gasteiger partial charge in [-0.3, -0.25) is 14.6 Å². The molecule has 2 saturated heterocycles. The van der Waals surface area contributed by atoms with Gasteiger partial charge >= 0.3 is 0 Å². The van der Waals surface area contributed by atoms with Gasteiger partial charge in [-0.1, -0.05) is 6.92 Å². The molecule has 0 saturated carbocycles. The number of thiazole rings is 1. The summed E-state index contributed by atoms with van der Waals surface area (Å²) in [6.07, 6.45) is 3.63. The number of amides is 1. The molecule has 26 heavy (non-hydrogen) atoms. The van der Waals surface area contributed by atoms with E-state index in [-0.39, 0.29) is 11.4 Å². The number of hydrogen-bond donors (Lipinski definition) is 0. The van der Waals surface area contributed by atoms with Crippen LogP contribution in [0.3, 0.4) is 0 Å². The number of piperazine rings is 1. The van der Waals surface area contributed by atoms with E-state index in [0.29, 0.717) is 19.6 Å². The molecule has 1 atom stereocenters. The van der Waals surface area contributed by atoms with Gasteiger partial charge in [0.15, 0.2) is 0 Å². The zero-order valence-electron chi connectivity index (χ0n) is 16.4. The Hall–Kier alpha value is -1.02. The van der Waals surface area contributed by atoms with Crippen molar-refractivity contribution in [2.45, 2.75) is 44.7 Å². The highest BCUT2D eigenvalue weighted by atomic mass is 32.1. The largest absolute Gasteiger partial charge is 0.383 e. The first-order chi connectivity index (χ1) is 12.6. The molecule has 6 nitrogen and oxygen atoms in total. The van der Waals surface area contributed by atoms with Crippen molar-refractivity contribution in [3.05, 3.63) is 16.1 Å². The van der Waals surface area contributed by atoms with Crippen LogP contribution in [0.15, 0.2) is 5.38 Å². The van der Waals surface area contributed by atoms with Crippen LogP contribution in [0.4, 0.5) is 0 Å². The van der Waals surface area contributed by atoms with Crippen LogP contribution < -0.4 is 0 Å². The van der Waals surface area contributed by atoms with E-state index in [0.717, 1.165) is 52.0 Å². The van der Waals surface area contributed by atoms with Gasteiger partial charge in [-0.15, -0.1) is 11.3 Å². The quantitative estimate of drug-likeness (QED) is 0.754. The lowest BCUT2D eigenvalue weighted by atomic mass is 9.86. The molecule has 0 N–H and O–H groups in total. The lowest BCUT2D eigenvalue weighted by Gasteiger charge is -2.49. The highest BCUT2D eigenvalue weighted by Gasteiger charge is 2.42. The molecule has 0 unspecified atom stereocenters. The van der Waals surface area contributed by atoms with Gasteiger partial charge in [0.2, 0.25) is 5.91 Å². The van der Waals surface area contributed by atoms with E-state index in [2.05, 4.69) is 29.2 Å². The van der Waals surface area contributed by atoms with Gasteiger partial charge in [-0.05, 0) is 26.3 Å². The second kappa shape index (κ2) is 8.78. The molecular formula is C19H32N4O2S. The van der Waals surface area contributed by atoms with Crippen molar-refractivity contribution in [2.75, 3.05) is 53.5 Å². The van der Waals surface area contributed by atoms with Crippen molar-refractivity contribution in [1.29, 1.82) is 0 Å². The topological polar surface area (TPSA) is 48.9 Å². The van der Waals surface area contributed by atoms with E-state index >= 15 is 0 Å².